The first-order valence-electron chi connectivity index (χ1n) is 4.15. The number of anilines is 1. The van der Waals surface area contributed by atoms with Crippen LogP contribution in [0.25, 0.3) is 0 Å². The van der Waals surface area contributed by atoms with E-state index in [0.29, 0.717) is 0 Å². The maximum atomic E-state index is 12.8. The van der Waals surface area contributed by atoms with E-state index >= 15 is 0 Å². The smallest absolute Gasteiger partial charge is 0.123 e. The summed E-state index contributed by atoms with van der Waals surface area (Å²) in [4.78, 5) is 0. The Labute approximate surface area is 72.6 Å². The van der Waals surface area contributed by atoms with Crippen molar-refractivity contribution in [1.29, 1.82) is 0 Å². The van der Waals surface area contributed by atoms with Gasteiger partial charge in [-0.25, -0.2) is 4.39 Å². The lowest BCUT2D eigenvalue weighted by atomic mass is 10.1. The Bertz CT molecular complexity index is 258. The van der Waals surface area contributed by atoms with E-state index in [-0.39, 0.29) is 5.82 Å². The zero-order valence-corrected chi connectivity index (χ0v) is 7.74. The van der Waals surface area contributed by atoms with Crippen molar-refractivity contribution in [3.63, 3.8) is 0 Å². The molecule has 1 N–H and O–H groups in total. The molecule has 0 unspecified atom stereocenters. The van der Waals surface area contributed by atoms with Gasteiger partial charge in [0.15, 0.2) is 0 Å². The van der Waals surface area contributed by atoms with Crippen molar-refractivity contribution >= 4 is 5.69 Å². The van der Waals surface area contributed by atoms with Crippen LogP contribution in [-0.2, 0) is 0 Å². The molecule has 0 aliphatic heterocycles. The van der Waals surface area contributed by atoms with Gasteiger partial charge in [-0.15, -0.1) is 0 Å². The third-order valence-corrected chi connectivity index (χ3v) is 1.85. The molecule has 0 aliphatic rings. The summed E-state index contributed by atoms with van der Waals surface area (Å²) in [5.74, 6) is -0.161. The minimum absolute atomic E-state index is 0.161. The number of hydrogen-bond donors (Lipinski definition) is 1. The van der Waals surface area contributed by atoms with Crippen LogP contribution < -0.4 is 5.32 Å². The number of rotatable bonds is 2. The van der Waals surface area contributed by atoms with Gasteiger partial charge >= 0.3 is 0 Å². The van der Waals surface area contributed by atoms with E-state index < -0.39 is 0 Å². The predicted octanol–water partition coefficient (Wildman–Crippen LogP) is 2.87. The molecule has 0 saturated heterocycles. The summed E-state index contributed by atoms with van der Waals surface area (Å²) < 4.78 is 12.8. The third-order valence-electron chi connectivity index (χ3n) is 1.85. The second kappa shape index (κ2) is 3.57. The van der Waals surface area contributed by atoms with Crippen LogP contribution >= 0.6 is 0 Å². The molecular weight excluding hydrogens is 153 g/mol. The average molecular weight is 167 g/mol. The number of nitrogens with one attached hydrogen (secondary N) is 1. The van der Waals surface area contributed by atoms with Gasteiger partial charge in [0.25, 0.3) is 0 Å². The molecule has 2 heteroatoms. The summed E-state index contributed by atoms with van der Waals surface area (Å²) in [6, 6.07) is 3.09. The molecule has 0 radical (unpaired) electrons. The van der Waals surface area contributed by atoms with Crippen LogP contribution in [0.3, 0.4) is 0 Å². The van der Waals surface area contributed by atoms with Crippen LogP contribution in [0.2, 0.25) is 0 Å². The van der Waals surface area contributed by atoms with Gasteiger partial charge in [0.1, 0.15) is 5.82 Å². The molecule has 0 heterocycles. The van der Waals surface area contributed by atoms with Crippen LogP contribution in [0.15, 0.2) is 12.1 Å². The fourth-order valence-corrected chi connectivity index (χ4v) is 1.37. The van der Waals surface area contributed by atoms with Gasteiger partial charge in [0, 0.05) is 12.2 Å². The van der Waals surface area contributed by atoms with E-state index in [9.17, 15) is 4.39 Å². The molecule has 0 aliphatic carbocycles. The van der Waals surface area contributed by atoms with Crippen molar-refractivity contribution in [2.75, 3.05) is 11.9 Å². The zero-order valence-electron chi connectivity index (χ0n) is 7.74. The lowest BCUT2D eigenvalue weighted by Crippen LogP contribution is -2.01. The summed E-state index contributed by atoms with van der Waals surface area (Å²) in [7, 11) is 0. The Balaban J connectivity index is 3.10. The lowest BCUT2D eigenvalue weighted by Gasteiger charge is -2.10. The SMILES string of the molecule is CCNc1c(C)cc(F)cc1C. The minimum atomic E-state index is -0.161. The topological polar surface area (TPSA) is 12.0 Å². The molecule has 1 rings (SSSR count). The number of hydrogen-bond acceptors (Lipinski definition) is 1. The van der Waals surface area contributed by atoms with E-state index in [1.807, 2.05) is 20.8 Å². The van der Waals surface area contributed by atoms with Gasteiger partial charge in [0.05, 0.1) is 0 Å². The van der Waals surface area contributed by atoms with E-state index in [1.54, 1.807) is 12.1 Å². The van der Waals surface area contributed by atoms with Crippen molar-refractivity contribution in [3.05, 3.63) is 29.1 Å². The van der Waals surface area contributed by atoms with Gasteiger partial charge in [-0.3, -0.25) is 0 Å². The van der Waals surface area contributed by atoms with Gasteiger partial charge in [0.2, 0.25) is 0 Å². The fraction of sp³-hybridized carbons (Fsp3) is 0.400. The van der Waals surface area contributed by atoms with E-state index in [1.165, 1.54) is 0 Å². The highest BCUT2D eigenvalue weighted by Gasteiger charge is 2.02. The highest BCUT2D eigenvalue weighted by atomic mass is 19.1. The van der Waals surface area contributed by atoms with E-state index in [2.05, 4.69) is 5.32 Å². The quantitative estimate of drug-likeness (QED) is 0.714. The van der Waals surface area contributed by atoms with Crippen molar-refractivity contribution < 1.29 is 4.39 Å². The molecule has 12 heavy (non-hydrogen) atoms. The monoisotopic (exact) mass is 167 g/mol. The van der Waals surface area contributed by atoms with Crippen molar-refractivity contribution in [3.8, 4) is 0 Å². The standard InChI is InChI=1S/C10H14FN/c1-4-12-10-7(2)5-9(11)6-8(10)3/h5-6,12H,4H2,1-3H3. The maximum Gasteiger partial charge on any atom is 0.123 e. The lowest BCUT2D eigenvalue weighted by molar-refractivity contribution is 0.625. The average Bonchev–Trinajstić information content (AvgIpc) is 1.96. The van der Waals surface area contributed by atoms with Crippen LogP contribution in [0.4, 0.5) is 10.1 Å². The highest BCUT2D eigenvalue weighted by Crippen LogP contribution is 2.20. The summed E-state index contributed by atoms with van der Waals surface area (Å²) >= 11 is 0. The zero-order chi connectivity index (χ0) is 9.14. The van der Waals surface area contributed by atoms with Gasteiger partial charge in [-0.1, -0.05) is 0 Å². The molecule has 0 amide bonds. The first-order valence-corrected chi connectivity index (χ1v) is 4.15. The predicted molar refractivity (Wildman–Crippen MR) is 50.0 cm³/mol. The Kier molecular flexibility index (Phi) is 2.69. The molecule has 0 bridgehead atoms. The van der Waals surface area contributed by atoms with E-state index in [0.717, 1.165) is 23.4 Å². The molecule has 66 valence electrons. The third kappa shape index (κ3) is 1.76. The minimum Gasteiger partial charge on any atom is -0.385 e. The van der Waals surface area contributed by atoms with Gasteiger partial charge in [-0.05, 0) is 44.0 Å². The highest BCUT2D eigenvalue weighted by molar-refractivity contribution is 5.56. The van der Waals surface area contributed by atoms with Gasteiger partial charge in [-0.2, -0.15) is 0 Å². The van der Waals surface area contributed by atoms with E-state index in [4.69, 9.17) is 0 Å². The van der Waals surface area contributed by atoms with Crippen LogP contribution in [-0.4, -0.2) is 6.54 Å². The summed E-state index contributed by atoms with van der Waals surface area (Å²) in [6.45, 7) is 6.72. The maximum absolute atomic E-state index is 12.8. The fourth-order valence-electron chi connectivity index (χ4n) is 1.37. The number of halogens is 1. The first kappa shape index (κ1) is 9.04. The molecular formula is C10H14FN. The molecule has 0 aromatic heterocycles. The summed E-state index contributed by atoms with van der Waals surface area (Å²) in [5, 5.41) is 3.20. The van der Waals surface area contributed by atoms with Crippen molar-refractivity contribution in [2.24, 2.45) is 0 Å². The van der Waals surface area contributed by atoms with Crippen LogP contribution in [0.1, 0.15) is 18.1 Å². The molecule has 1 aromatic rings. The Morgan fingerprint density at radius 2 is 1.75 bits per heavy atom. The summed E-state index contributed by atoms with van der Waals surface area (Å²) in [6.07, 6.45) is 0. The van der Waals surface area contributed by atoms with Gasteiger partial charge < -0.3 is 5.32 Å². The van der Waals surface area contributed by atoms with Crippen molar-refractivity contribution in [2.45, 2.75) is 20.8 Å². The summed E-state index contributed by atoms with van der Waals surface area (Å²) in [5.41, 5.74) is 2.99. The number of benzene rings is 1. The van der Waals surface area contributed by atoms with Crippen LogP contribution in [0.5, 0.6) is 0 Å². The van der Waals surface area contributed by atoms with Crippen LogP contribution in [0, 0.1) is 19.7 Å². The molecule has 1 aromatic carbocycles. The molecule has 0 atom stereocenters. The molecule has 0 spiro atoms. The first-order chi connectivity index (χ1) is 5.65. The van der Waals surface area contributed by atoms with Crippen molar-refractivity contribution in [1.82, 2.24) is 0 Å². The largest absolute Gasteiger partial charge is 0.385 e. The second-order valence-electron chi connectivity index (χ2n) is 2.94. The molecule has 0 saturated carbocycles. The second-order valence-corrected chi connectivity index (χ2v) is 2.94. The normalized spacial score (nSPS) is 10.0. The molecule has 1 nitrogen and oxygen atoms in total. The Morgan fingerprint density at radius 1 is 1.25 bits per heavy atom. The molecule has 0 fully saturated rings. The number of aryl methyl sites for hydroxylation is 2. The Hall–Kier alpha value is -1.05. The Morgan fingerprint density at radius 3 is 2.17 bits per heavy atom.